The summed E-state index contributed by atoms with van der Waals surface area (Å²) in [6.45, 7) is 9.14. The molecule has 0 aliphatic rings. The van der Waals surface area contributed by atoms with Crippen LogP contribution in [0.5, 0.6) is 0 Å². The third kappa shape index (κ3) is 4.53. The lowest BCUT2D eigenvalue weighted by molar-refractivity contribution is 0.174. The molecule has 1 aromatic rings. The summed E-state index contributed by atoms with van der Waals surface area (Å²) in [5, 5.41) is 4.08. The lowest BCUT2D eigenvalue weighted by Gasteiger charge is -2.18. The molecule has 0 amide bonds. The molecule has 1 atom stereocenters. The monoisotopic (exact) mass is 244 g/mol. The number of rotatable bonds is 5. The molecule has 1 rings (SSSR count). The lowest BCUT2D eigenvalue weighted by atomic mass is 10.0. The van der Waals surface area contributed by atoms with E-state index in [0.717, 1.165) is 5.75 Å². The summed E-state index contributed by atoms with van der Waals surface area (Å²) in [5.74, 6) is 2.36. The predicted octanol–water partition coefficient (Wildman–Crippen LogP) is 3.06. The van der Waals surface area contributed by atoms with Crippen molar-refractivity contribution in [3.63, 3.8) is 0 Å². The number of thioether (sulfide) groups is 1. The fourth-order valence-corrected chi connectivity index (χ4v) is 2.05. The summed E-state index contributed by atoms with van der Waals surface area (Å²) in [6.07, 6.45) is 0. The second-order valence-electron chi connectivity index (χ2n) is 5.00. The van der Waals surface area contributed by atoms with Gasteiger partial charge in [0.1, 0.15) is 6.61 Å². The molecular formula is C11H20N2O2S. The summed E-state index contributed by atoms with van der Waals surface area (Å²) >= 11 is 1.83. The third-order valence-electron chi connectivity index (χ3n) is 1.87. The SMILES string of the molecule is COCc1noc([C@@H](C)SCC(C)(C)C)n1. The van der Waals surface area contributed by atoms with Crippen molar-refractivity contribution in [2.45, 2.75) is 39.6 Å². The van der Waals surface area contributed by atoms with E-state index in [1.165, 1.54) is 0 Å². The van der Waals surface area contributed by atoms with Gasteiger partial charge in [-0.2, -0.15) is 4.98 Å². The zero-order valence-corrected chi connectivity index (χ0v) is 11.4. The molecule has 1 aromatic heterocycles. The Balaban J connectivity index is 2.49. The van der Waals surface area contributed by atoms with Crippen LogP contribution in [-0.2, 0) is 11.3 Å². The molecule has 0 fully saturated rings. The van der Waals surface area contributed by atoms with Crippen LogP contribution in [0.3, 0.4) is 0 Å². The minimum Gasteiger partial charge on any atom is -0.377 e. The zero-order valence-electron chi connectivity index (χ0n) is 10.6. The van der Waals surface area contributed by atoms with E-state index in [0.29, 0.717) is 23.7 Å². The molecule has 92 valence electrons. The van der Waals surface area contributed by atoms with E-state index in [-0.39, 0.29) is 5.25 Å². The summed E-state index contributed by atoms with van der Waals surface area (Å²) in [4.78, 5) is 4.28. The maximum Gasteiger partial charge on any atom is 0.239 e. The van der Waals surface area contributed by atoms with Crippen molar-refractivity contribution in [3.05, 3.63) is 11.7 Å². The van der Waals surface area contributed by atoms with Crippen LogP contribution < -0.4 is 0 Å². The van der Waals surface area contributed by atoms with Gasteiger partial charge in [-0.15, -0.1) is 11.8 Å². The fraction of sp³-hybridized carbons (Fsp3) is 0.818. The first kappa shape index (κ1) is 13.5. The Labute approximate surface area is 101 Å². The Bertz CT molecular complexity index is 320. The van der Waals surface area contributed by atoms with Crippen LogP contribution in [0.15, 0.2) is 4.52 Å². The van der Waals surface area contributed by atoms with Crippen molar-refractivity contribution in [1.29, 1.82) is 0 Å². The van der Waals surface area contributed by atoms with Gasteiger partial charge in [-0.1, -0.05) is 25.9 Å². The highest BCUT2D eigenvalue weighted by atomic mass is 32.2. The average molecular weight is 244 g/mol. The fourth-order valence-electron chi connectivity index (χ4n) is 1.07. The Hall–Kier alpha value is -0.550. The van der Waals surface area contributed by atoms with Crippen LogP contribution in [-0.4, -0.2) is 23.0 Å². The molecule has 0 bridgehead atoms. The summed E-state index contributed by atoms with van der Waals surface area (Å²) < 4.78 is 10.1. The largest absolute Gasteiger partial charge is 0.377 e. The molecule has 4 nitrogen and oxygen atoms in total. The number of ether oxygens (including phenoxy) is 1. The minimum atomic E-state index is 0.234. The van der Waals surface area contributed by atoms with E-state index in [4.69, 9.17) is 9.26 Å². The Morgan fingerprint density at radius 2 is 2.12 bits per heavy atom. The normalized spacial score (nSPS) is 14.1. The van der Waals surface area contributed by atoms with Crippen molar-refractivity contribution in [2.24, 2.45) is 5.41 Å². The van der Waals surface area contributed by atoms with Gasteiger partial charge in [0.25, 0.3) is 0 Å². The second-order valence-corrected chi connectivity index (χ2v) is 6.32. The summed E-state index contributed by atoms with van der Waals surface area (Å²) in [7, 11) is 1.62. The molecular weight excluding hydrogens is 224 g/mol. The van der Waals surface area contributed by atoms with Crippen LogP contribution in [0.4, 0.5) is 0 Å². The molecule has 0 radical (unpaired) electrons. The number of methoxy groups -OCH3 is 1. The van der Waals surface area contributed by atoms with Gasteiger partial charge in [0.15, 0.2) is 5.82 Å². The third-order valence-corrected chi connectivity index (χ3v) is 3.61. The van der Waals surface area contributed by atoms with Crippen LogP contribution >= 0.6 is 11.8 Å². The standard InChI is InChI=1S/C11H20N2O2S/c1-8(16-7-11(2,3)4)10-12-9(6-14-5)13-15-10/h8H,6-7H2,1-5H3/t8-/m1/s1. The summed E-state index contributed by atoms with van der Waals surface area (Å²) in [5.41, 5.74) is 0.314. The Kier molecular flexibility index (Phi) is 4.80. The van der Waals surface area contributed by atoms with Crippen molar-refractivity contribution < 1.29 is 9.26 Å². The lowest BCUT2D eigenvalue weighted by Crippen LogP contribution is -2.09. The smallest absolute Gasteiger partial charge is 0.239 e. The molecule has 0 aliphatic heterocycles. The molecule has 0 aliphatic carbocycles. The van der Waals surface area contributed by atoms with Gasteiger partial charge >= 0.3 is 0 Å². The number of hydrogen-bond acceptors (Lipinski definition) is 5. The van der Waals surface area contributed by atoms with Crippen molar-refractivity contribution in [1.82, 2.24) is 10.1 Å². The van der Waals surface area contributed by atoms with Gasteiger partial charge in [-0.25, -0.2) is 0 Å². The number of hydrogen-bond donors (Lipinski definition) is 0. The average Bonchev–Trinajstić information content (AvgIpc) is 2.62. The highest BCUT2D eigenvalue weighted by Crippen LogP contribution is 2.32. The Morgan fingerprint density at radius 3 is 2.69 bits per heavy atom. The highest BCUT2D eigenvalue weighted by molar-refractivity contribution is 7.99. The van der Waals surface area contributed by atoms with Crippen molar-refractivity contribution in [2.75, 3.05) is 12.9 Å². The number of nitrogens with zero attached hydrogens (tertiary/aromatic N) is 2. The first-order valence-corrected chi connectivity index (χ1v) is 6.40. The van der Waals surface area contributed by atoms with Gasteiger partial charge in [0.05, 0.1) is 5.25 Å². The molecule has 16 heavy (non-hydrogen) atoms. The zero-order chi connectivity index (χ0) is 12.2. The van der Waals surface area contributed by atoms with Crippen LogP contribution in [0.2, 0.25) is 0 Å². The van der Waals surface area contributed by atoms with E-state index in [1.54, 1.807) is 7.11 Å². The molecule has 0 unspecified atom stereocenters. The van der Waals surface area contributed by atoms with Gasteiger partial charge in [0, 0.05) is 7.11 Å². The topological polar surface area (TPSA) is 48.2 Å². The van der Waals surface area contributed by atoms with Crippen molar-refractivity contribution in [3.8, 4) is 0 Å². The van der Waals surface area contributed by atoms with Crippen LogP contribution in [0, 0.1) is 5.41 Å². The van der Waals surface area contributed by atoms with Crippen molar-refractivity contribution >= 4 is 11.8 Å². The summed E-state index contributed by atoms with van der Waals surface area (Å²) in [6, 6.07) is 0. The van der Waals surface area contributed by atoms with E-state index in [2.05, 4.69) is 37.8 Å². The minimum absolute atomic E-state index is 0.234. The molecule has 0 aromatic carbocycles. The highest BCUT2D eigenvalue weighted by Gasteiger charge is 2.18. The van der Waals surface area contributed by atoms with E-state index in [9.17, 15) is 0 Å². The first-order valence-electron chi connectivity index (χ1n) is 5.35. The molecule has 0 spiro atoms. The molecule has 5 heteroatoms. The molecule has 0 saturated carbocycles. The van der Waals surface area contributed by atoms with E-state index in [1.807, 2.05) is 11.8 Å². The second kappa shape index (κ2) is 5.68. The van der Waals surface area contributed by atoms with Gasteiger partial charge in [-0.05, 0) is 18.1 Å². The maximum atomic E-state index is 5.18. The number of aromatic nitrogens is 2. The Morgan fingerprint density at radius 1 is 1.44 bits per heavy atom. The molecule has 1 heterocycles. The van der Waals surface area contributed by atoms with E-state index < -0.39 is 0 Å². The first-order chi connectivity index (χ1) is 7.42. The van der Waals surface area contributed by atoms with E-state index >= 15 is 0 Å². The maximum absolute atomic E-state index is 5.18. The van der Waals surface area contributed by atoms with Gasteiger partial charge in [0.2, 0.25) is 5.89 Å². The molecule has 0 N–H and O–H groups in total. The van der Waals surface area contributed by atoms with Gasteiger partial charge < -0.3 is 9.26 Å². The predicted molar refractivity (Wildman–Crippen MR) is 65.3 cm³/mol. The quantitative estimate of drug-likeness (QED) is 0.796. The molecule has 0 saturated heterocycles. The van der Waals surface area contributed by atoms with Gasteiger partial charge in [-0.3, -0.25) is 0 Å². The van der Waals surface area contributed by atoms with Crippen LogP contribution in [0.1, 0.15) is 44.7 Å². The van der Waals surface area contributed by atoms with Crippen LogP contribution in [0.25, 0.3) is 0 Å².